The molecule has 16 nitrogen and oxygen atoms in total. The Bertz CT molecular complexity index is 5680. The topological polar surface area (TPSA) is 148 Å². The van der Waals surface area contributed by atoms with Crippen LogP contribution in [0.5, 0.6) is 17.2 Å². The lowest BCUT2D eigenvalue weighted by Gasteiger charge is -2.35. The molecule has 3 aliphatic carbocycles. The van der Waals surface area contributed by atoms with Crippen LogP contribution in [0.3, 0.4) is 0 Å². The van der Waals surface area contributed by atoms with Gasteiger partial charge >= 0.3 is 55.1 Å². The van der Waals surface area contributed by atoms with E-state index < -0.39 is 38.8 Å². The zero-order valence-electron chi connectivity index (χ0n) is 89.8. The van der Waals surface area contributed by atoms with E-state index in [4.69, 9.17) is 116 Å². The molecule has 0 atom stereocenters. The summed E-state index contributed by atoms with van der Waals surface area (Å²) in [6.07, 6.45) is 4.56. The molecule has 19 rings (SSSR count). The molecule has 0 amide bonds. The van der Waals surface area contributed by atoms with Crippen LogP contribution in [0.15, 0.2) is 194 Å². The van der Waals surface area contributed by atoms with E-state index >= 15 is 0 Å². The second kappa shape index (κ2) is 56.3. The first kappa shape index (κ1) is 124. The number of hydrogen-bond acceptors (Lipinski definition) is 17. The summed E-state index contributed by atoms with van der Waals surface area (Å²) < 4.78 is 168. The Labute approximate surface area is 933 Å². The van der Waals surface area contributed by atoms with Crippen LogP contribution in [0.2, 0.25) is 20.1 Å². The summed E-state index contributed by atoms with van der Waals surface area (Å²) in [6.45, 7) is 49.9. The SMILES string of the molecule is CC(C)CCOCc1ccc(Br)cc1.CC1(C)COB(c2ccc(C3CC3)cc2)OC1.CC1(C)COB(c2ccc(OC3CC3)c(Cl)c2)OC1.CC1(C)COB(c2ccc(OCC(F)(F)F)c(Cl)c2)OC1.CC1(C)COB(c2ccc3c(c2)CCC(C)(C)O3)OC1.CCc1ccc(B2OCC(C)(C)CO2)cc1Cl.CCc1ccc(Br)cc1Cl.Cc1cc(B2OCC(C)(C)CO2)ccc1C(F)(F)F.Cc1cc(Br)ccc1SC1CC1. The van der Waals surface area contributed by atoms with Gasteiger partial charge in [-0.1, -0.05) is 302 Å². The fourth-order valence-electron chi connectivity index (χ4n) is 15.7. The van der Waals surface area contributed by atoms with Crippen LogP contribution < -0.4 is 47.0 Å². The molecule has 10 aliphatic rings. The van der Waals surface area contributed by atoms with Crippen LogP contribution in [-0.4, -0.2) is 158 Å². The highest BCUT2D eigenvalue weighted by Crippen LogP contribution is 2.43. The van der Waals surface area contributed by atoms with E-state index in [-0.39, 0.29) is 82.9 Å². The van der Waals surface area contributed by atoms with E-state index in [1.807, 2.05) is 106 Å². The third kappa shape index (κ3) is 42.9. The van der Waals surface area contributed by atoms with E-state index in [2.05, 4.69) is 229 Å². The summed E-state index contributed by atoms with van der Waals surface area (Å²) in [5, 5.41) is 3.26. The lowest BCUT2D eigenvalue weighted by molar-refractivity contribution is -0.153. The quantitative estimate of drug-likeness (QED) is 0.0404. The summed E-state index contributed by atoms with van der Waals surface area (Å²) >= 11 is 36.5. The zero-order chi connectivity index (χ0) is 109. The molecule has 0 aromatic heterocycles. The van der Waals surface area contributed by atoms with Gasteiger partial charge in [-0.3, -0.25) is 0 Å². The Hall–Kier alpha value is -5.22. The summed E-state index contributed by atoms with van der Waals surface area (Å²) in [5.74, 6) is 3.27. The summed E-state index contributed by atoms with van der Waals surface area (Å²) in [6, 6.07) is 56.0. The molecule has 0 bridgehead atoms. The van der Waals surface area contributed by atoms with Crippen LogP contribution >= 0.6 is 106 Å². The van der Waals surface area contributed by atoms with Gasteiger partial charge in [0.1, 0.15) is 22.8 Å². The van der Waals surface area contributed by atoms with Crippen molar-refractivity contribution in [2.75, 3.05) is 92.5 Å². The van der Waals surface area contributed by atoms with Gasteiger partial charge in [0, 0.05) is 152 Å². The number of alkyl halides is 6. The van der Waals surface area contributed by atoms with Gasteiger partial charge in [0.05, 0.1) is 28.3 Å². The first-order chi connectivity index (χ1) is 70.1. The zero-order valence-corrected chi connectivity index (χ0v) is 98.4. The van der Waals surface area contributed by atoms with Crippen molar-refractivity contribution in [3.63, 3.8) is 0 Å². The Morgan fingerprint density at radius 2 is 0.792 bits per heavy atom. The molecule has 9 fully saturated rings. The molecule has 9 aromatic rings. The van der Waals surface area contributed by atoms with Crippen molar-refractivity contribution < 1.29 is 101 Å². The molecular formula is C113H145B6Br3Cl4F6O16S. The van der Waals surface area contributed by atoms with E-state index in [0.29, 0.717) is 74.9 Å². The van der Waals surface area contributed by atoms with Crippen molar-refractivity contribution in [3.8, 4) is 17.2 Å². The maximum absolute atomic E-state index is 12.7. The number of thioether (sulfide) groups is 1. The van der Waals surface area contributed by atoms with Crippen molar-refractivity contribution in [1.82, 2.24) is 0 Å². The van der Waals surface area contributed by atoms with Gasteiger partial charge in [0.2, 0.25) is 0 Å². The molecule has 3 saturated carbocycles. The summed E-state index contributed by atoms with van der Waals surface area (Å²) in [4.78, 5) is 1.45. The molecule has 7 aliphatic heterocycles. The van der Waals surface area contributed by atoms with Crippen LogP contribution in [0.1, 0.15) is 226 Å². The van der Waals surface area contributed by atoms with E-state index in [1.54, 1.807) is 6.07 Å². The van der Waals surface area contributed by atoms with Gasteiger partial charge in [-0.15, -0.1) is 11.8 Å². The van der Waals surface area contributed by atoms with Gasteiger partial charge in [0.15, 0.2) is 6.61 Å². The molecule has 0 unspecified atom stereocenters. The Balaban J connectivity index is 0.000000160. The maximum atomic E-state index is 12.7. The fraction of sp³-hybridized carbons (Fsp3) is 0.522. The minimum absolute atomic E-state index is 0.0196. The second-order valence-electron chi connectivity index (χ2n) is 45.4. The number of benzene rings is 9. The number of halogens is 13. The number of fused-ring (bicyclic) bond motifs is 1. The van der Waals surface area contributed by atoms with Crippen molar-refractivity contribution in [3.05, 3.63) is 254 Å². The molecule has 36 heteroatoms. The van der Waals surface area contributed by atoms with Gasteiger partial charge in [-0.2, -0.15) is 26.3 Å². The molecule has 7 heterocycles. The van der Waals surface area contributed by atoms with E-state index in [1.165, 1.54) is 94.1 Å². The molecule has 6 saturated heterocycles. The summed E-state index contributed by atoms with van der Waals surface area (Å²) in [5.41, 5.74) is 13.0. The van der Waals surface area contributed by atoms with Gasteiger partial charge in [0.25, 0.3) is 0 Å². The van der Waals surface area contributed by atoms with Gasteiger partial charge in [-0.25, -0.2) is 0 Å². The molecule has 808 valence electrons. The molecular weight excluding hydrogens is 2210 g/mol. The standard InChI is InChI=1S/C16H23BO3.C14H18BClO3.C14H19BO2.C13H15BClF3O3.C13H18BClO2.C13H16BF3O2.C12H17BrO.C10H11BrS.C8H8BrCl/c1-15(2)10-18-17(19-11-15)13-5-6-14-12(9-13)7-8-16(3,4)20-14;1-14(2)8-17-15(18-9-14)10-3-6-13(12(16)7-10)19-11-4-5-11;1-14(2)9-16-15(17-10-14)13-7-5-12(6-8-13)11-3-4-11;1-12(2)6-20-14(21-7-12)9-3-4-11(10(15)5-9)19-8-13(16,17)18;1-4-10-5-6-11(7-12(10)15)14-16-8-13(2,3)9-17-14;1-9-6-10(4-5-11(9)13(15,16)17)14-18-7-12(2,3)8-19-14;1-10(2)7-8-14-9-11-3-5-12(13)6-4-11;1-7-6-8(11)2-5-10(7)12-9-3-4-9;1-2-6-3-4-7(9)5-8(6)10/h5-6,9H,7-8,10-11H2,1-4H3;3,6-7,11H,4-5,8-9H2,1-2H3;5-8,11H,3-4,9-10H2,1-2H3;3-5H,6-8H2,1-2H3;5-7H,4,8-9H2,1-3H3;4-6H,7-8H2,1-3H3;3-6,10H,7-9H2,1-2H3;2,5-6,9H,3-4H2,1H3;3-5H,2H2,1H3. The van der Waals surface area contributed by atoms with Gasteiger partial charge in [-0.05, 0) is 261 Å². The molecule has 0 radical (unpaired) electrons. The number of hydrogen-bond donors (Lipinski definition) is 0. The van der Waals surface area contributed by atoms with Crippen molar-refractivity contribution >= 4 is 181 Å². The van der Waals surface area contributed by atoms with Crippen LogP contribution in [-0.2, 0) is 92.6 Å². The fourth-order valence-corrected chi connectivity index (χ4v) is 19.2. The normalized spacial score (nSPS) is 19.1. The van der Waals surface area contributed by atoms with Crippen molar-refractivity contribution in [2.24, 2.45) is 38.4 Å². The second-order valence-corrected chi connectivity index (χ2v) is 51.2. The minimum Gasteiger partial charge on any atom is -0.489 e. The van der Waals surface area contributed by atoms with Crippen LogP contribution in [0.4, 0.5) is 26.3 Å². The Kier molecular flexibility index (Phi) is 46.8. The predicted octanol–water partition coefficient (Wildman–Crippen LogP) is 27.7. The lowest BCUT2D eigenvalue weighted by Crippen LogP contribution is -2.47. The third-order valence-electron chi connectivity index (χ3n) is 25.1. The number of rotatable bonds is 20. The number of aryl methyl sites for hydroxylation is 5. The largest absolute Gasteiger partial charge is 0.493 e. The average molecular weight is 2350 g/mol. The van der Waals surface area contributed by atoms with Gasteiger partial charge < -0.3 is 74.8 Å². The van der Waals surface area contributed by atoms with Crippen molar-refractivity contribution in [1.29, 1.82) is 0 Å². The highest BCUT2D eigenvalue weighted by Gasteiger charge is 2.43. The first-order valence-electron chi connectivity index (χ1n) is 51.5. The first-order valence-corrected chi connectivity index (χ1v) is 56.2. The van der Waals surface area contributed by atoms with Crippen LogP contribution in [0, 0.1) is 52.3 Å². The monoisotopic (exact) mass is 2350 g/mol. The van der Waals surface area contributed by atoms with E-state index in [9.17, 15) is 26.3 Å². The smallest absolute Gasteiger partial charge is 0.489 e. The van der Waals surface area contributed by atoms with E-state index in [0.717, 1.165) is 166 Å². The highest BCUT2D eigenvalue weighted by atomic mass is 79.9. The molecule has 149 heavy (non-hydrogen) atoms. The summed E-state index contributed by atoms with van der Waals surface area (Å²) in [7, 11) is -2.13. The minimum atomic E-state index is -4.40. The lowest BCUT2D eigenvalue weighted by atomic mass is 9.74. The average Bonchev–Trinajstić information content (AvgIpc) is 1.33. The molecule has 0 spiro atoms. The van der Waals surface area contributed by atoms with Crippen LogP contribution in [0.25, 0.3) is 0 Å². The number of ether oxygens (including phenoxy) is 4. The van der Waals surface area contributed by atoms with Crippen molar-refractivity contribution in [2.45, 2.75) is 256 Å². The molecule has 0 N–H and O–H groups in total. The Morgan fingerprint density at radius 1 is 0.409 bits per heavy atom. The highest BCUT2D eigenvalue weighted by molar-refractivity contribution is 9.11. The predicted molar refractivity (Wildman–Crippen MR) is 609 cm³/mol. The maximum Gasteiger partial charge on any atom is 0.493 e. The molecule has 9 aromatic carbocycles. The Morgan fingerprint density at radius 3 is 1.19 bits per heavy atom. The third-order valence-corrected chi connectivity index (χ3v) is 29.4.